The van der Waals surface area contributed by atoms with Gasteiger partial charge in [0.05, 0.1) is 11.6 Å². The van der Waals surface area contributed by atoms with Crippen LogP contribution in [0.4, 0.5) is 5.69 Å². The molecule has 0 radical (unpaired) electrons. The lowest BCUT2D eigenvalue weighted by Crippen LogP contribution is -2.12. The van der Waals surface area contributed by atoms with E-state index in [0.29, 0.717) is 11.1 Å². The van der Waals surface area contributed by atoms with Crippen molar-refractivity contribution in [1.82, 2.24) is 0 Å². The van der Waals surface area contributed by atoms with E-state index in [9.17, 15) is 15.0 Å². The highest BCUT2D eigenvalue weighted by molar-refractivity contribution is 5.93. The third-order valence-corrected chi connectivity index (χ3v) is 3.38. The summed E-state index contributed by atoms with van der Waals surface area (Å²) in [5.41, 5.74) is 7.76. The minimum absolute atomic E-state index is 0.0291. The van der Waals surface area contributed by atoms with Gasteiger partial charge < -0.3 is 21.3 Å². The van der Waals surface area contributed by atoms with E-state index in [1.165, 1.54) is 12.1 Å². The molecular formula is C16H18N2O3. The van der Waals surface area contributed by atoms with Gasteiger partial charge in [-0.1, -0.05) is 6.07 Å². The van der Waals surface area contributed by atoms with Crippen LogP contribution in [0.5, 0.6) is 11.5 Å². The number of benzene rings is 2. The fourth-order valence-electron chi connectivity index (χ4n) is 2.27. The van der Waals surface area contributed by atoms with Crippen molar-refractivity contribution in [1.29, 1.82) is 0 Å². The summed E-state index contributed by atoms with van der Waals surface area (Å²) in [6.45, 7) is 3.68. The van der Waals surface area contributed by atoms with Gasteiger partial charge in [0.1, 0.15) is 11.5 Å². The van der Waals surface area contributed by atoms with E-state index >= 15 is 0 Å². The van der Waals surface area contributed by atoms with Crippen molar-refractivity contribution < 1.29 is 15.0 Å². The SMILES string of the molecule is Cc1cc(C(N)=O)ccc1NC(C)c1c(O)cccc1O. The zero-order chi connectivity index (χ0) is 15.6. The second kappa shape index (κ2) is 5.75. The molecule has 0 bridgehead atoms. The van der Waals surface area contributed by atoms with Crippen LogP contribution >= 0.6 is 0 Å². The Kier molecular flexibility index (Phi) is 4.03. The number of phenols is 2. The molecule has 0 heterocycles. The summed E-state index contributed by atoms with van der Waals surface area (Å²) in [7, 11) is 0. The number of aryl methyl sites for hydroxylation is 1. The summed E-state index contributed by atoms with van der Waals surface area (Å²) in [5.74, 6) is -0.418. The van der Waals surface area contributed by atoms with Crippen molar-refractivity contribution in [3.63, 3.8) is 0 Å². The Hall–Kier alpha value is -2.69. The number of amides is 1. The average molecular weight is 286 g/mol. The summed E-state index contributed by atoms with van der Waals surface area (Å²) in [4.78, 5) is 11.1. The largest absolute Gasteiger partial charge is 0.507 e. The van der Waals surface area contributed by atoms with Crippen molar-refractivity contribution in [2.24, 2.45) is 5.73 Å². The van der Waals surface area contributed by atoms with Gasteiger partial charge in [0.2, 0.25) is 5.91 Å². The van der Waals surface area contributed by atoms with E-state index < -0.39 is 5.91 Å². The van der Waals surface area contributed by atoms with Gasteiger partial charge >= 0.3 is 0 Å². The summed E-state index contributed by atoms with van der Waals surface area (Å²) in [6, 6.07) is 9.41. The van der Waals surface area contributed by atoms with Gasteiger partial charge in [-0.05, 0) is 49.7 Å². The van der Waals surface area contributed by atoms with Crippen LogP contribution in [0, 0.1) is 6.92 Å². The Morgan fingerprint density at radius 1 is 1.19 bits per heavy atom. The minimum atomic E-state index is -0.476. The number of nitrogens with one attached hydrogen (secondary N) is 1. The minimum Gasteiger partial charge on any atom is -0.507 e. The van der Waals surface area contributed by atoms with Crippen LogP contribution in [-0.4, -0.2) is 16.1 Å². The highest BCUT2D eigenvalue weighted by atomic mass is 16.3. The Morgan fingerprint density at radius 2 is 1.81 bits per heavy atom. The second-order valence-corrected chi connectivity index (χ2v) is 4.97. The number of carbonyl (C=O) groups excluding carboxylic acids is 1. The van der Waals surface area contributed by atoms with Crippen molar-refractivity contribution >= 4 is 11.6 Å². The predicted molar refractivity (Wildman–Crippen MR) is 81.5 cm³/mol. The number of nitrogens with two attached hydrogens (primary N) is 1. The highest BCUT2D eigenvalue weighted by Gasteiger charge is 2.15. The Balaban J connectivity index is 2.28. The Labute approximate surface area is 123 Å². The molecule has 5 nitrogen and oxygen atoms in total. The maximum absolute atomic E-state index is 11.1. The molecule has 2 rings (SSSR count). The first kappa shape index (κ1) is 14.7. The van der Waals surface area contributed by atoms with Crippen molar-refractivity contribution in [2.75, 3.05) is 5.32 Å². The van der Waals surface area contributed by atoms with E-state index in [1.807, 2.05) is 13.8 Å². The lowest BCUT2D eigenvalue weighted by molar-refractivity contribution is 0.1000. The molecule has 0 aliphatic rings. The van der Waals surface area contributed by atoms with Crippen LogP contribution < -0.4 is 11.1 Å². The van der Waals surface area contributed by atoms with E-state index in [2.05, 4.69) is 5.32 Å². The van der Waals surface area contributed by atoms with Crippen LogP contribution in [0.1, 0.15) is 34.5 Å². The van der Waals surface area contributed by atoms with Gasteiger partial charge in [-0.3, -0.25) is 4.79 Å². The first-order valence-corrected chi connectivity index (χ1v) is 6.58. The van der Waals surface area contributed by atoms with Crippen LogP contribution in [0.15, 0.2) is 36.4 Å². The van der Waals surface area contributed by atoms with Crippen LogP contribution in [-0.2, 0) is 0 Å². The number of rotatable bonds is 4. The van der Waals surface area contributed by atoms with Crippen LogP contribution in [0.25, 0.3) is 0 Å². The molecule has 0 saturated carbocycles. The normalized spacial score (nSPS) is 11.9. The molecule has 0 spiro atoms. The zero-order valence-corrected chi connectivity index (χ0v) is 11.9. The van der Waals surface area contributed by atoms with E-state index in [1.54, 1.807) is 24.3 Å². The standard InChI is InChI=1S/C16H18N2O3/c1-9-8-11(16(17)21)6-7-12(9)18-10(2)15-13(19)4-3-5-14(15)20/h3-8,10,18-20H,1-2H3,(H2,17,21). The molecule has 0 aliphatic carbocycles. The van der Waals surface area contributed by atoms with Crippen molar-refractivity contribution in [3.05, 3.63) is 53.1 Å². The molecule has 5 heteroatoms. The smallest absolute Gasteiger partial charge is 0.248 e. The zero-order valence-electron chi connectivity index (χ0n) is 11.9. The van der Waals surface area contributed by atoms with Crippen molar-refractivity contribution in [2.45, 2.75) is 19.9 Å². The van der Waals surface area contributed by atoms with E-state index in [0.717, 1.165) is 11.3 Å². The van der Waals surface area contributed by atoms with E-state index in [4.69, 9.17) is 5.73 Å². The lowest BCUT2D eigenvalue weighted by Gasteiger charge is -2.19. The molecule has 1 atom stereocenters. The quantitative estimate of drug-likeness (QED) is 0.695. The first-order valence-electron chi connectivity index (χ1n) is 6.58. The van der Waals surface area contributed by atoms with Gasteiger partial charge in [-0.15, -0.1) is 0 Å². The number of hydrogen-bond acceptors (Lipinski definition) is 4. The molecule has 21 heavy (non-hydrogen) atoms. The molecule has 5 N–H and O–H groups in total. The maximum Gasteiger partial charge on any atom is 0.248 e. The van der Waals surface area contributed by atoms with Gasteiger partial charge in [0.15, 0.2) is 0 Å². The number of phenolic OH excluding ortho intramolecular Hbond substituents is 2. The lowest BCUT2D eigenvalue weighted by atomic mass is 10.0. The number of primary amides is 1. The van der Waals surface area contributed by atoms with Crippen molar-refractivity contribution in [3.8, 4) is 11.5 Å². The number of hydrogen-bond donors (Lipinski definition) is 4. The third kappa shape index (κ3) is 3.08. The monoisotopic (exact) mass is 286 g/mol. The number of aromatic hydroxyl groups is 2. The summed E-state index contributed by atoms with van der Waals surface area (Å²) in [6.07, 6.45) is 0. The van der Waals surface area contributed by atoms with Gasteiger partial charge in [0, 0.05) is 11.3 Å². The molecule has 0 fully saturated rings. The van der Waals surface area contributed by atoms with Gasteiger partial charge in [-0.25, -0.2) is 0 Å². The molecule has 110 valence electrons. The topological polar surface area (TPSA) is 95.6 Å². The van der Waals surface area contributed by atoms with Gasteiger partial charge in [-0.2, -0.15) is 0 Å². The first-order chi connectivity index (χ1) is 9.90. The Bertz CT molecular complexity index is 663. The Morgan fingerprint density at radius 3 is 2.33 bits per heavy atom. The molecule has 1 amide bonds. The maximum atomic E-state index is 11.1. The molecular weight excluding hydrogens is 268 g/mol. The second-order valence-electron chi connectivity index (χ2n) is 4.97. The fraction of sp³-hybridized carbons (Fsp3) is 0.188. The predicted octanol–water partition coefficient (Wildman–Crippen LogP) is 2.68. The molecule has 2 aromatic carbocycles. The third-order valence-electron chi connectivity index (χ3n) is 3.38. The van der Waals surface area contributed by atoms with E-state index in [-0.39, 0.29) is 17.5 Å². The average Bonchev–Trinajstić information content (AvgIpc) is 2.40. The van der Waals surface area contributed by atoms with Gasteiger partial charge in [0.25, 0.3) is 0 Å². The van der Waals surface area contributed by atoms with Crippen LogP contribution in [0.3, 0.4) is 0 Å². The molecule has 0 aliphatic heterocycles. The molecule has 2 aromatic rings. The number of carbonyl (C=O) groups is 1. The summed E-state index contributed by atoms with van der Waals surface area (Å²) >= 11 is 0. The molecule has 1 unspecified atom stereocenters. The summed E-state index contributed by atoms with van der Waals surface area (Å²) in [5, 5.41) is 22.9. The summed E-state index contributed by atoms with van der Waals surface area (Å²) < 4.78 is 0. The fourth-order valence-corrected chi connectivity index (χ4v) is 2.27. The molecule has 0 aromatic heterocycles. The molecule has 0 saturated heterocycles. The van der Waals surface area contributed by atoms with Crippen LogP contribution in [0.2, 0.25) is 0 Å². The number of anilines is 1. The highest BCUT2D eigenvalue weighted by Crippen LogP contribution is 2.34.